The number of hydrogen-bond donors (Lipinski definition) is 0. The van der Waals surface area contributed by atoms with Gasteiger partial charge in [-0.1, -0.05) is 13.5 Å². The Morgan fingerprint density at radius 1 is 1.58 bits per heavy atom. The highest BCUT2D eigenvalue weighted by Crippen LogP contribution is 2.22. The van der Waals surface area contributed by atoms with Crippen molar-refractivity contribution >= 4 is 0 Å². The quantitative estimate of drug-likeness (QED) is 0.597. The van der Waals surface area contributed by atoms with Gasteiger partial charge in [-0.2, -0.15) is 0 Å². The van der Waals surface area contributed by atoms with Crippen molar-refractivity contribution in [3.8, 4) is 0 Å². The molecule has 1 rings (SSSR count). The zero-order valence-electron chi connectivity index (χ0n) is 8.34. The predicted octanol–water partition coefficient (Wildman–Crippen LogP) is 1.73. The van der Waals surface area contributed by atoms with Crippen LogP contribution in [-0.4, -0.2) is 31.6 Å². The van der Waals surface area contributed by atoms with Crippen LogP contribution in [0, 0.1) is 11.8 Å². The summed E-state index contributed by atoms with van der Waals surface area (Å²) in [7, 11) is 2.16. The summed E-state index contributed by atoms with van der Waals surface area (Å²) in [5, 5.41) is 0. The molecule has 0 aromatic rings. The van der Waals surface area contributed by atoms with Gasteiger partial charge < -0.3 is 9.64 Å². The topological polar surface area (TPSA) is 12.5 Å². The lowest BCUT2D eigenvalue weighted by Crippen LogP contribution is -2.17. The van der Waals surface area contributed by atoms with E-state index < -0.39 is 0 Å². The molecule has 1 aliphatic rings. The number of likely N-dealkylation sites (tertiary alicyclic amines) is 1. The molecule has 0 N–H and O–H groups in total. The van der Waals surface area contributed by atoms with E-state index >= 15 is 0 Å². The Morgan fingerprint density at radius 2 is 2.25 bits per heavy atom. The third-order valence-electron chi connectivity index (χ3n) is 2.49. The van der Waals surface area contributed by atoms with Crippen molar-refractivity contribution < 1.29 is 4.74 Å². The Balaban J connectivity index is 2.28. The fourth-order valence-corrected chi connectivity index (χ4v) is 1.76. The molecule has 2 heteroatoms. The second-order valence-corrected chi connectivity index (χ2v) is 3.97. The van der Waals surface area contributed by atoms with Crippen LogP contribution in [-0.2, 0) is 4.74 Å². The second kappa shape index (κ2) is 3.94. The van der Waals surface area contributed by atoms with Crippen LogP contribution < -0.4 is 0 Å². The van der Waals surface area contributed by atoms with Gasteiger partial charge in [0.15, 0.2) is 0 Å². The molecule has 2 unspecified atom stereocenters. The average Bonchev–Trinajstić information content (AvgIpc) is 2.26. The van der Waals surface area contributed by atoms with Gasteiger partial charge >= 0.3 is 0 Å². The number of rotatable bonds is 3. The minimum Gasteiger partial charge on any atom is -0.499 e. The maximum absolute atomic E-state index is 5.42. The molecular weight excluding hydrogens is 150 g/mol. The first-order valence-electron chi connectivity index (χ1n) is 4.56. The number of nitrogens with zero attached hydrogens (tertiary/aromatic N) is 1. The fourth-order valence-electron chi connectivity index (χ4n) is 1.76. The van der Waals surface area contributed by atoms with Crippen molar-refractivity contribution in [2.24, 2.45) is 11.8 Å². The Hall–Kier alpha value is -0.500. The molecule has 0 radical (unpaired) electrons. The normalized spacial score (nSPS) is 30.6. The van der Waals surface area contributed by atoms with Crippen LogP contribution in [0.25, 0.3) is 0 Å². The maximum atomic E-state index is 5.42. The Morgan fingerprint density at radius 3 is 2.67 bits per heavy atom. The molecular formula is C10H19NO. The molecule has 2 nitrogen and oxygen atoms in total. The fraction of sp³-hybridized carbons (Fsp3) is 0.800. The zero-order valence-corrected chi connectivity index (χ0v) is 8.34. The molecule has 70 valence electrons. The Kier molecular flexibility index (Phi) is 3.15. The van der Waals surface area contributed by atoms with Crippen LogP contribution in [0.15, 0.2) is 12.3 Å². The van der Waals surface area contributed by atoms with Crippen LogP contribution in [0.2, 0.25) is 0 Å². The van der Waals surface area contributed by atoms with E-state index in [-0.39, 0.29) is 0 Å². The Bertz CT molecular complexity index is 167. The van der Waals surface area contributed by atoms with Crippen LogP contribution >= 0.6 is 0 Å². The van der Waals surface area contributed by atoms with Gasteiger partial charge in [0.25, 0.3) is 0 Å². The van der Waals surface area contributed by atoms with Crippen molar-refractivity contribution in [1.29, 1.82) is 0 Å². The van der Waals surface area contributed by atoms with Crippen molar-refractivity contribution in [2.45, 2.75) is 13.8 Å². The van der Waals surface area contributed by atoms with Gasteiger partial charge in [0.1, 0.15) is 0 Å². The molecule has 1 fully saturated rings. The number of ether oxygens (including phenoxy) is 1. The lowest BCUT2D eigenvalue weighted by Gasteiger charge is -2.14. The van der Waals surface area contributed by atoms with E-state index in [1.54, 1.807) is 0 Å². The summed E-state index contributed by atoms with van der Waals surface area (Å²) < 4.78 is 5.42. The van der Waals surface area contributed by atoms with Crippen LogP contribution in [0.4, 0.5) is 0 Å². The summed E-state index contributed by atoms with van der Waals surface area (Å²) in [6.07, 6.45) is 0. The summed E-state index contributed by atoms with van der Waals surface area (Å²) in [4.78, 5) is 2.36. The van der Waals surface area contributed by atoms with Crippen LogP contribution in [0.3, 0.4) is 0 Å². The lowest BCUT2D eigenvalue weighted by molar-refractivity contribution is 0.155. The molecule has 0 saturated carbocycles. The van der Waals surface area contributed by atoms with E-state index in [9.17, 15) is 0 Å². The third kappa shape index (κ3) is 2.52. The highest BCUT2D eigenvalue weighted by molar-refractivity contribution is 4.81. The van der Waals surface area contributed by atoms with Crippen molar-refractivity contribution in [3.63, 3.8) is 0 Å². The van der Waals surface area contributed by atoms with Crippen molar-refractivity contribution in [2.75, 3.05) is 26.7 Å². The summed E-state index contributed by atoms with van der Waals surface area (Å²) in [5.41, 5.74) is 0. The molecule has 1 heterocycles. The maximum Gasteiger partial charge on any atom is 0.0920 e. The predicted molar refractivity (Wildman–Crippen MR) is 50.9 cm³/mol. The molecule has 12 heavy (non-hydrogen) atoms. The van der Waals surface area contributed by atoms with Gasteiger partial charge in [0.05, 0.1) is 12.4 Å². The van der Waals surface area contributed by atoms with E-state index in [1.165, 1.54) is 6.54 Å². The van der Waals surface area contributed by atoms with Gasteiger partial charge in [-0.25, -0.2) is 0 Å². The summed E-state index contributed by atoms with van der Waals surface area (Å²) in [6.45, 7) is 11.1. The largest absolute Gasteiger partial charge is 0.499 e. The molecule has 0 amide bonds. The van der Waals surface area contributed by atoms with Gasteiger partial charge in [0.2, 0.25) is 0 Å². The van der Waals surface area contributed by atoms with Gasteiger partial charge in [-0.05, 0) is 19.9 Å². The molecule has 0 aromatic carbocycles. The minimum atomic E-state index is 0.687. The van der Waals surface area contributed by atoms with Crippen LogP contribution in [0.5, 0.6) is 0 Å². The minimum absolute atomic E-state index is 0.687. The highest BCUT2D eigenvalue weighted by atomic mass is 16.5. The number of hydrogen-bond acceptors (Lipinski definition) is 2. The second-order valence-electron chi connectivity index (χ2n) is 3.97. The van der Waals surface area contributed by atoms with Gasteiger partial charge in [-0.15, -0.1) is 0 Å². The van der Waals surface area contributed by atoms with E-state index in [2.05, 4.69) is 25.5 Å². The average molecular weight is 169 g/mol. The van der Waals surface area contributed by atoms with Gasteiger partial charge in [0, 0.05) is 19.0 Å². The highest BCUT2D eigenvalue weighted by Gasteiger charge is 2.27. The molecule has 0 spiro atoms. The number of allylic oxidation sites excluding steroid dienone is 1. The molecule has 0 aromatic heterocycles. The van der Waals surface area contributed by atoms with Crippen molar-refractivity contribution in [1.82, 2.24) is 4.90 Å². The molecule has 0 aliphatic carbocycles. The first-order chi connectivity index (χ1) is 5.59. The lowest BCUT2D eigenvalue weighted by atomic mass is 9.99. The monoisotopic (exact) mass is 169 g/mol. The first kappa shape index (κ1) is 9.59. The molecule has 0 bridgehead atoms. The Labute approximate surface area is 75.2 Å². The third-order valence-corrected chi connectivity index (χ3v) is 2.49. The molecule has 1 aliphatic heterocycles. The molecule has 2 atom stereocenters. The standard InChI is InChI=1S/C10H19NO/c1-8(2)12-7-10-6-11(4)5-9(10)3/h9-10H,1,5-7H2,2-4H3. The summed E-state index contributed by atoms with van der Waals surface area (Å²) >= 11 is 0. The smallest absolute Gasteiger partial charge is 0.0920 e. The zero-order chi connectivity index (χ0) is 9.14. The van der Waals surface area contributed by atoms with E-state index in [4.69, 9.17) is 4.74 Å². The van der Waals surface area contributed by atoms with E-state index in [0.29, 0.717) is 5.92 Å². The van der Waals surface area contributed by atoms with E-state index in [0.717, 1.165) is 24.8 Å². The van der Waals surface area contributed by atoms with E-state index in [1.807, 2.05) is 6.92 Å². The first-order valence-corrected chi connectivity index (χ1v) is 4.56. The molecule has 1 saturated heterocycles. The summed E-state index contributed by atoms with van der Waals surface area (Å²) in [6, 6.07) is 0. The summed E-state index contributed by atoms with van der Waals surface area (Å²) in [5.74, 6) is 2.28. The van der Waals surface area contributed by atoms with Gasteiger partial charge in [-0.3, -0.25) is 0 Å². The SMILES string of the molecule is C=C(C)OCC1CN(C)CC1C. The van der Waals surface area contributed by atoms with Crippen LogP contribution in [0.1, 0.15) is 13.8 Å². The van der Waals surface area contributed by atoms with Crippen molar-refractivity contribution in [3.05, 3.63) is 12.3 Å².